The number of carbonyl (C=O) groups excluding carboxylic acids is 3. The Morgan fingerprint density at radius 2 is 1.84 bits per heavy atom. The van der Waals surface area contributed by atoms with Gasteiger partial charge in [-0.25, -0.2) is 4.79 Å². The second-order valence-electron chi connectivity index (χ2n) is 9.59. The highest BCUT2D eigenvalue weighted by molar-refractivity contribution is 8.01. The van der Waals surface area contributed by atoms with Crippen LogP contribution in [-0.4, -0.2) is 71.1 Å². The van der Waals surface area contributed by atoms with Crippen molar-refractivity contribution < 1.29 is 19.1 Å². The van der Waals surface area contributed by atoms with Gasteiger partial charge in [0.1, 0.15) is 12.1 Å². The Balaban J connectivity index is 2.14. The second kappa shape index (κ2) is 11.4. The summed E-state index contributed by atoms with van der Waals surface area (Å²) in [6.07, 6.45) is 5.72. The summed E-state index contributed by atoms with van der Waals surface area (Å²) in [6, 6.07) is -1.73. The third kappa shape index (κ3) is 7.27. The van der Waals surface area contributed by atoms with E-state index in [4.69, 9.17) is 10.5 Å². The standard InChI is InChI=1S/C22H40N4O4S/c1-14(2)31-22(3,4)18(25-21(29)30-5)20(28)26-13-16(23)11-17(26)19(27)24-12-15-9-7-6-8-10-15/h14-18H,6-13,23H2,1-5H3,(H,24,27)(H,25,29)/t16-,17+,18+/m1/s1. The lowest BCUT2D eigenvalue weighted by atomic mass is 9.89. The molecule has 1 saturated heterocycles. The maximum atomic E-state index is 13.6. The van der Waals surface area contributed by atoms with Gasteiger partial charge in [0.2, 0.25) is 11.8 Å². The first-order valence-electron chi connectivity index (χ1n) is 11.4. The number of nitrogens with two attached hydrogens (primary N) is 1. The van der Waals surface area contributed by atoms with Gasteiger partial charge in [0.05, 0.1) is 7.11 Å². The van der Waals surface area contributed by atoms with Gasteiger partial charge in [-0.05, 0) is 44.3 Å². The lowest BCUT2D eigenvalue weighted by molar-refractivity contribution is -0.140. The minimum atomic E-state index is -0.841. The molecular weight excluding hydrogens is 416 g/mol. The van der Waals surface area contributed by atoms with Crippen molar-refractivity contribution in [2.24, 2.45) is 11.7 Å². The van der Waals surface area contributed by atoms with Gasteiger partial charge in [0.15, 0.2) is 0 Å². The molecule has 2 rings (SSSR count). The van der Waals surface area contributed by atoms with Crippen molar-refractivity contribution in [2.75, 3.05) is 20.2 Å². The summed E-state index contributed by atoms with van der Waals surface area (Å²) < 4.78 is 4.16. The van der Waals surface area contributed by atoms with Crippen LogP contribution in [0.2, 0.25) is 0 Å². The van der Waals surface area contributed by atoms with E-state index < -0.39 is 22.9 Å². The highest BCUT2D eigenvalue weighted by Crippen LogP contribution is 2.34. The van der Waals surface area contributed by atoms with E-state index in [-0.39, 0.29) is 23.1 Å². The molecular formula is C22H40N4O4S. The highest BCUT2D eigenvalue weighted by Gasteiger charge is 2.46. The van der Waals surface area contributed by atoms with Gasteiger partial charge in [-0.3, -0.25) is 9.59 Å². The maximum Gasteiger partial charge on any atom is 0.407 e. The molecule has 4 N–H and O–H groups in total. The van der Waals surface area contributed by atoms with Crippen LogP contribution in [0.25, 0.3) is 0 Å². The molecule has 1 aliphatic carbocycles. The second-order valence-corrected chi connectivity index (χ2v) is 11.8. The minimum absolute atomic E-state index is 0.155. The fourth-order valence-electron chi connectivity index (χ4n) is 4.67. The molecule has 0 aromatic heterocycles. The third-order valence-electron chi connectivity index (χ3n) is 6.14. The predicted octanol–water partition coefficient (Wildman–Crippen LogP) is 2.26. The van der Waals surface area contributed by atoms with E-state index in [2.05, 4.69) is 10.6 Å². The average molecular weight is 457 g/mol. The zero-order chi connectivity index (χ0) is 23.2. The quantitative estimate of drug-likeness (QED) is 0.516. The Morgan fingerprint density at radius 3 is 2.42 bits per heavy atom. The molecule has 3 amide bonds. The zero-order valence-electron chi connectivity index (χ0n) is 19.6. The molecule has 0 unspecified atom stereocenters. The Morgan fingerprint density at radius 1 is 1.19 bits per heavy atom. The first-order valence-corrected chi connectivity index (χ1v) is 12.3. The van der Waals surface area contributed by atoms with Crippen molar-refractivity contribution in [1.82, 2.24) is 15.5 Å². The number of methoxy groups -OCH3 is 1. The summed E-state index contributed by atoms with van der Waals surface area (Å²) in [5, 5.41) is 6.01. The van der Waals surface area contributed by atoms with Crippen LogP contribution >= 0.6 is 11.8 Å². The van der Waals surface area contributed by atoms with Crippen molar-refractivity contribution in [2.45, 2.75) is 94.3 Å². The normalized spacial score (nSPS) is 23.5. The fraction of sp³-hybridized carbons (Fsp3) is 0.864. The lowest BCUT2D eigenvalue weighted by Crippen LogP contribution is -2.60. The summed E-state index contributed by atoms with van der Waals surface area (Å²) in [4.78, 5) is 40.2. The van der Waals surface area contributed by atoms with Crippen LogP contribution in [0, 0.1) is 5.92 Å². The predicted molar refractivity (Wildman–Crippen MR) is 124 cm³/mol. The van der Waals surface area contributed by atoms with Gasteiger partial charge >= 0.3 is 6.09 Å². The van der Waals surface area contributed by atoms with E-state index in [1.807, 2.05) is 27.7 Å². The lowest BCUT2D eigenvalue weighted by Gasteiger charge is -2.37. The number of likely N-dealkylation sites (tertiary alicyclic amines) is 1. The van der Waals surface area contributed by atoms with Crippen molar-refractivity contribution in [3.05, 3.63) is 0 Å². The van der Waals surface area contributed by atoms with Crippen molar-refractivity contribution in [3.63, 3.8) is 0 Å². The molecule has 8 nitrogen and oxygen atoms in total. The van der Waals surface area contributed by atoms with Crippen molar-refractivity contribution >= 4 is 29.7 Å². The van der Waals surface area contributed by atoms with Crippen LogP contribution in [-0.2, 0) is 14.3 Å². The van der Waals surface area contributed by atoms with E-state index in [0.717, 1.165) is 12.8 Å². The molecule has 2 aliphatic rings. The molecule has 3 atom stereocenters. The Bertz CT molecular complexity index is 637. The van der Waals surface area contributed by atoms with Crippen molar-refractivity contribution in [3.8, 4) is 0 Å². The molecule has 2 fully saturated rings. The number of thioether (sulfide) groups is 1. The first kappa shape index (κ1) is 25.8. The van der Waals surface area contributed by atoms with Gasteiger partial charge < -0.3 is 26.0 Å². The fourth-order valence-corrected chi connectivity index (χ4v) is 6.18. The number of hydrogen-bond donors (Lipinski definition) is 3. The van der Waals surface area contributed by atoms with Crippen LogP contribution in [0.5, 0.6) is 0 Å². The summed E-state index contributed by atoms with van der Waals surface area (Å²) in [7, 11) is 1.27. The first-order chi connectivity index (χ1) is 14.5. The molecule has 31 heavy (non-hydrogen) atoms. The molecule has 0 bridgehead atoms. The van der Waals surface area contributed by atoms with E-state index in [1.165, 1.54) is 26.4 Å². The van der Waals surface area contributed by atoms with Gasteiger partial charge in [0, 0.05) is 23.9 Å². The number of hydrogen-bond acceptors (Lipinski definition) is 6. The number of nitrogens with one attached hydrogen (secondary N) is 2. The summed E-state index contributed by atoms with van der Waals surface area (Å²) >= 11 is 1.59. The van der Waals surface area contributed by atoms with Gasteiger partial charge in [-0.15, -0.1) is 0 Å². The van der Waals surface area contributed by atoms with Crippen LogP contribution in [0.1, 0.15) is 66.2 Å². The topological polar surface area (TPSA) is 114 Å². The average Bonchev–Trinajstić information content (AvgIpc) is 3.11. The Kier molecular flexibility index (Phi) is 9.48. The smallest absolute Gasteiger partial charge is 0.407 e. The summed E-state index contributed by atoms with van der Waals surface area (Å²) in [6.45, 7) is 8.86. The van der Waals surface area contributed by atoms with E-state index in [0.29, 0.717) is 25.4 Å². The zero-order valence-corrected chi connectivity index (χ0v) is 20.4. The number of amides is 3. The van der Waals surface area contributed by atoms with Crippen LogP contribution < -0.4 is 16.4 Å². The number of rotatable bonds is 8. The molecule has 0 spiro atoms. The van der Waals surface area contributed by atoms with Crippen molar-refractivity contribution in [1.29, 1.82) is 0 Å². The molecule has 0 radical (unpaired) electrons. The van der Waals surface area contributed by atoms with E-state index in [1.54, 1.807) is 16.7 Å². The highest BCUT2D eigenvalue weighted by atomic mass is 32.2. The third-order valence-corrected chi connectivity index (χ3v) is 7.45. The SMILES string of the molecule is COC(=O)N[C@@H](C(=O)N1C[C@H](N)C[C@H]1C(=O)NCC1CCCCC1)C(C)(C)SC(C)C. The molecule has 1 heterocycles. The van der Waals surface area contributed by atoms with Crippen LogP contribution in [0.3, 0.4) is 0 Å². The number of nitrogens with zero attached hydrogens (tertiary/aromatic N) is 1. The maximum absolute atomic E-state index is 13.6. The number of carbonyl (C=O) groups is 3. The Hall–Kier alpha value is -1.48. The van der Waals surface area contributed by atoms with Crippen LogP contribution in [0.15, 0.2) is 0 Å². The largest absolute Gasteiger partial charge is 0.453 e. The molecule has 178 valence electrons. The monoisotopic (exact) mass is 456 g/mol. The summed E-state index contributed by atoms with van der Waals surface area (Å²) in [5.41, 5.74) is 6.16. The number of ether oxygens (including phenoxy) is 1. The van der Waals surface area contributed by atoms with Gasteiger partial charge in [0.25, 0.3) is 0 Å². The minimum Gasteiger partial charge on any atom is -0.453 e. The molecule has 0 aromatic carbocycles. The molecule has 0 aromatic rings. The Labute approximate surface area is 190 Å². The molecule has 1 aliphatic heterocycles. The van der Waals surface area contributed by atoms with E-state index >= 15 is 0 Å². The number of alkyl carbamates (subject to hydrolysis) is 1. The van der Waals surface area contributed by atoms with Crippen LogP contribution in [0.4, 0.5) is 4.79 Å². The van der Waals surface area contributed by atoms with Gasteiger partial charge in [-0.2, -0.15) is 11.8 Å². The molecule has 1 saturated carbocycles. The molecule has 9 heteroatoms. The van der Waals surface area contributed by atoms with E-state index in [9.17, 15) is 14.4 Å². The van der Waals surface area contributed by atoms with Gasteiger partial charge in [-0.1, -0.05) is 33.1 Å². The summed E-state index contributed by atoms with van der Waals surface area (Å²) in [5.74, 6) is 0.0550.